The van der Waals surface area contributed by atoms with E-state index in [1.54, 1.807) is 15.8 Å². The summed E-state index contributed by atoms with van der Waals surface area (Å²) in [5.74, 6) is -0.0468. The molecule has 0 spiro atoms. The maximum absolute atomic E-state index is 12.7. The fourth-order valence-corrected chi connectivity index (χ4v) is 2.80. The molecule has 0 unspecified atom stereocenters. The highest BCUT2D eigenvalue weighted by atomic mass is 32.2. The predicted molar refractivity (Wildman–Crippen MR) is 85.3 cm³/mol. The lowest BCUT2D eigenvalue weighted by atomic mass is 10.2. The van der Waals surface area contributed by atoms with E-state index in [0.717, 1.165) is 5.69 Å². The fourth-order valence-electron chi connectivity index (χ4n) is 1.94. The highest BCUT2D eigenvalue weighted by molar-refractivity contribution is 8.00. The molecule has 0 aliphatic heterocycles. The van der Waals surface area contributed by atoms with Gasteiger partial charge in [0.15, 0.2) is 5.16 Å². The Hall–Kier alpha value is -2.33. The van der Waals surface area contributed by atoms with Crippen LogP contribution in [-0.2, 0) is 11.8 Å². The van der Waals surface area contributed by atoms with Crippen LogP contribution in [0.4, 0.5) is 5.69 Å². The molecule has 1 heterocycles. The van der Waals surface area contributed by atoms with Gasteiger partial charge in [0.25, 0.3) is 0 Å². The Balaban J connectivity index is 2.14. The smallest absolute Gasteiger partial charge is 0.240 e. The zero-order valence-corrected chi connectivity index (χ0v) is 13.3. The van der Waals surface area contributed by atoms with Crippen molar-refractivity contribution in [3.05, 3.63) is 36.7 Å². The zero-order chi connectivity index (χ0) is 15.9. The largest absolute Gasteiger partial charge is 0.312 e. The van der Waals surface area contributed by atoms with Crippen molar-refractivity contribution in [3.63, 3.8) is 0 Å². The molecular weight excluding hydrogens is 298 g/mol. The summed E-state index contributed by atoms with van der Waals surface area (Å²) in [6.07, 6.45) is 1.89. The van der Waals surface area contributed by atoms with Gasteiger partial charge in [-0.15, -0.1) is 10.2 Å². The van der Waals surface area contributed by atoms with Gasteiger partial charge in [0.2, 0.25) is 5.91 Å². The van der Waals surface area contributed by atoms with E-state index < -0.39 is 0 Å². The van der Waals surface area contributed by atoms with Crippen molar-refractivity contribution in [2.24, 2.45) is 7.05 Å². The van der Waals surface area contributed by atoms with E-state index in [0.29, 0.717) is 18.1 Å². The minimum Gasteiger partial charge on any atom is -0.312 e. The Morgan fingerprint density at radius 3 is 2.77 bits per heavy atom. The Morgan fingerprint density at radius 2 is 2.18 bits per heavy atom. The maximum Gasteiger partial charge on any atom is 0.240 e. The molecule has 2 aromatic rings. The van der Waals surface area contributed by atoms with E-state index >= 15 is 0 Å². The molecule has 114 valence electrons. The Kier molecular flexibility index (Phi) is 5.55. The highest BCUT2D eigenvalue weighted by Gasteiger charge is 2.24. The van der Waals surface area contributed by atoms with E-state index in [2.05, 4.69) is 16.3 Å². The average molecular weight is 315 g/mol. The number of amides is 1. The summed E-state index contributed by atoms with van der Waals surface area (Å²) >= 11 is 1.36. The normalized spacial score (nSPS) is 11.7. The number of anilines is 1. The fraction of sp³-hybridized carbons (Fsp3) is 0.333. The molecule has 1 aromatic heterocycles. The third kappa shape index (κ3) is 3.86. The molecule has 1 atom stereocenters. The van der Waals surface area contributed by atoms with Crippen molar-refractivity contribution < 1.29 is 4.79 Å². The van der Waals surface area contributed by atoms with Crippen LogP contribution in [0.15, 0.2) is 41.8 Å². The number of para-hydroxylation sites is 1. The number of carbonyl (C=O) groups excluding carboxylic acids is 1. The van der Waals surface area contributed by atoms with Crippen molar-refractivity contribution in [1.29, 1.82) is 5.26 Å². The summed E-state index contributed by atoms with van der Waals surface area (Å²) in [6.45, 7) is 2.22. The third-order valence-corrected chi connectivity index (χ3v) is 4.22. The monoisotopic (exact) mass is 315 g/mol. The molecule has 6 nitrogen and oxygen atoms in total. The van der Waals surface area contributed by atoms with Crippen molar-refractivity contribution in [1.82, 2.24) is 14.8 Å². The van der Waals surface area contributed by atoms with Gasteiger partial charge in [-0.1, -0.05) is 30.0 Å². The van der Waals surface area contributed by atoms with E-state index in [1.807, 2.05) is 44.3 Å². The first kappa shape index (κ1) is 16.0. The van der Waals surface area contributed by atoms with Crippen LogP contribution in [0.1, 0.15) is 13.3 Å². The van der Waals surface area contributed by atoms with Gasteiger partial charge in [0.05, 0.1) is 17.7 Å². The van der Waals surface area contributed by atoms with Crippen LogP contribution in [-0.4, -0.2) is 32.5 Å². The molecule has 0 aliphatic carbocycles. The Labute approximate surface area is 133 Å². The van der Waals surface area contributed by atoms with Crippen molar-refractivity contribution >= 4 is 23.4 Å². The Morgan fingerprint density at radius 1 is 1.45 bits per heavy atom. The number of aromatic nitrogens is 3. The van der Waals surface area contributed by atoms with E-state index in [9.17, 15) is 4.79 Å². The van der Waals surface area contributed by atoms with Gasteiger partial charge >= 0.3 is 0 Å². The van der Waals surface area contributed by atoms with E-state index in [1.165, 1.54) is 11.8 Å². The number of carbonyl (C=O) groups is 1. The van der Waals surface area contributed by atoms with Crippen LogP contribution < -0.4 is 4.90 Å². The lowest BCUT2D eigenvalue weighted by Crippen LogP contribution is -2.37. The summed E-state index contributed by atoms with van der Waals surface area (Å²) < 4.78 is 1.77. The number of nitrogens with zero attached hydrogens (tertiary/aromatic N) is 5. The molecule has 2 rings (SSSR count). The average Bonchev–Trinajstić information content (AvgIpc) is 2.93. The number of aryl methyl sites for hydroxylation is 1. The van der Waals surface area contributed by atoms with E-state index in [4.69, 9.17) is 5.26 Å². The number of hydrogen-bond acceptors (Lipinski definition) is 5. The standard InChI is InChI=1S/C15H17N5OS/c1-12(22-15-18-17-11-19(15)2)14(21)20(10-6-9-16)13-7-4-3-5-8-13/h3-5,7-8,11-12H,6,10H2,1-2H3/t12-/m0/s1. The summed E-state index contributed by atoms with van der Waals surface area (Å²) in [4.78, 5) is 14.4. The molecule has 0 bridgehead atoms. The molecule has 22 heavy (non-hydrogen) atoms. The first-order valence-corrected chi connectivity index (χ1v) is 7.75. The van der Waals surface area contributed by atoms with Crippen LogP contribution in [0.5, 0.6) is 0 Å². The lowest BCUT2D eigenvalue weighted by Gasteiger charge is -2.24. The molecule has 0 N–H and O–H groups in total. The first-order valence-electron chi connectivity index (χ1n) is 6.87. The number of benzene rings is 1. The summed E-state index contributed by atoms with van der Waals surface area (Å²) in [5.41, 5.74) is 0.799. The van der Waals surface area contributed by atoms with Gasteiger partial charge in [-0.05, 0) is 19.1 Å². The molecule has 0 saturated heterocycles. The van der Waals surface area contributed by atoms with Gasteiger partial charge in [-0.25, -0.2) is 0 Å². The van der Waals surface area contributed by atoms with Crippen LogP contribution in [0.3, 0.4) is 0 Å². The zero-order valence-electron chi connectivity index (χ0n) is 12.5. The highest BCUT2D eigenvalue weighted by Crippen LogP contribution is 2.24. The topological polar surface area (TPSA) is 74.8 Å². The first-order chi connectivity index (χ1) is 10.6. The number of thioether (sulfide) groups is 1. The summed E-state index contributed by atoms with van der Waals surface area (Å²) in [6, 6.07) is 11.5. The number of hydrogen-bond donors (Lipinski definition) is 0. The Bertz CT molecular complexity index is 664. The molecule has 1 aromatic carbocycles. The van der Waals surface area contributed by atoms with Crippen LogP contribution in [0.25, 0.3) is 0 Å². The molecule has 0 radical (unpaired) electrons. The molecular formula is C15H17N5OS. The second kappa shape index (κ2) is 7.61. The summed E-state index contributed by atoms with van der Waals surface area (Å²) in [5, 5.41) is 17.0. The van der Waals surface area contributed by atoms with Crippen molar-refractivity contribution in [2.45, 2.75) is 23.8 Å². The van der Waals surface area contributed by atoms with Crippen LogP contribution in [0.2, 0.25) is 0 Å². The second-order valence-corrected chi connectivity index (χ2v) is 6.03. The predicted octanol–water partition coefficient (Wildman–Crippen LogP) is 2.24. The quantitative estimate of drug-likeness (QED) is 0.764. The number of nitriles is 1. The van der Waals surface area contributed by atoms with E-state index in [-0.39, 0.29) is 11.2 Å². The second-order valence-electron chi connectivity index (χ2n) is 4.72. The third-order valence-electron chi connectivity index (χ3n) is 3.08. The summed E-state index contributed by atoms with van der Waals surface area (Å²) in [7, 11) is 1.84. The SMILES string of the molecule is C[C@H](Sc1nncn1C)C(=O)N(CCC#N)c1ccccc1. The van der Waals surface area contributed by atoms with Crippen LogP contribution in [0, 0.1) is 11.3 Å². The van der Waals surface area contributed by atoms with Crippen molar-refractivity contribution in [3.8, 4) is 6.07 Å². The van der Waals surface area contributed by atoms with Crippen LogP contribution >= 0.6 is 11.8 Å². The van der Waals surface area contributed by atoms with Gasteiger partial charge in [-0.2, -0.15) is 5.26 Å². The van der Waals surface area contributed by atoms with Gasteiger partial charge in [0, 0.05) is 19.3 Å². The minimum atomic E-state index is -0.318. The maximum atomic E-state index is 12.7. The minimum absolute atomic E-state index is 0.0468. The number of rotatable bonds is 6. The molecule has 7 heteroatoms. The molecule has 0 saturated carbocycles. The molecule has 0 aliphatic rings. The molecule has 0 fully saturated rings. The van der Waals surface area contributed by atoms with Gasteiger partial charge in [0.1, 0.15) is 6.33 Å². The van der Waals surface area contributed by atoms with Crippen molar-refractivity contribution in [2.75, 3.05) is 11.4 Å². The van der Waals surface area contributed by atoms with Gasteiger partial charge < -0.3 is 9.47 Å². The lowest BCUT2D eigenvalue weighted by molar-refractivity contribution is -0.117. The molecule has 1 amide bonds. The van der Waals surface area contributed by atoms with Gasteiger partial charge in [-0.3, -0.25) is 4.79 Å².